The molecule has 0 bridgehead atoms. The minimum atomic E-state index is 0.0431. The van der Waals surface area contributed by atoms with Crippen LogP contribution in [0, 0.1) is 0 Å². The lowest BCUT2D eigenvalue weighted by Gasteiger charge is -2.05. The molecule has 2 nitrogen and oxygen atoms in total. The molecule has 0 heterocycles. The summed E-state index contributed by atoms with van der Waals surface area (Å²) in [5, 5.41) is 8.80. The zero-order valence-electron chi connectivity index (χ0n) is 6.62. The number of aliphatic hydroxyl groups is 1. The summed E-state index contributed by atoms with van der Waals surface area (Å²) in [4.78, 5) is 0. The number of hydrogen-bond donors (Lipinski definition) is 2. The SMILES string of the molecule is C[C@H](N)c1cccc(CO)c1. The fourth-order valence-electron chi connectivity index (χ4n) is 0.975. The second-order valence-electron chi connectivity index (χ2n) is 2.69. The van der Waals surface area contributed by atoms with Gasteiger partial charge >= 0.3 is 0 Å². The summed E-state index contributed by atoms with van der Waals surface area (Å²) in [5.41, 5.74) is 7.64. The van der Waals surface area contributed by atoms with E-state index in [0.29, 0.717) is 0 Å². The van der Waals surface area contributed by atoms with Crippen LogP contribution in [0.5, 0.6) is 0 Å². The molecule has 1 atom stereocenters. The van der Waals surface area contributed by atoms with Crippen molar-refractivity contribution in [2.75, 3.05) is 0 Å². The predicted octanol–water partition coefficient (Wildman–Crippen LogP) is 1.20. The molecule has 2 heteroatoms. The Labute approximate surface area is 66.7 Å². The average molecular weight is 151 g/mol. The Morgan fingerprint density at radius 3 is 2.82 bits per heavy atom. The monoisotopic (exact) mass is 151 g/mol. The summed E-state index contributed by atoms with van der Waals surface area (Å²) in [6, 6.07) is 7.71. The summed E-state index contributed by atoms with van der Waals surface area (Å²) in [7, 11) is 0. The van der Waals surface area contributed by atoms with E-state index in [9.17, 15) is 0 Å². The molecule has 0 saturated heterocycles. The van der Waals surface area contributed by atoms with Crippen molar-refractivity contribution in [2.24, 2.45) is 5.73 Å². The van der Waals surface area contributed by atoms with E-state index in [1.54, 1.807) is 0 Å². The van der Waals surface area contributed by atoms with Crippen molar-refractivity contribution in [3.63, 3.8) is 0 Å². The number of rotatable bonds is 2. The Hall–Kier alpha value is -0.860. The lowest BCUT2D eigenvalue weighted by Crippen LogP contribution is -2.04. The van der Waals surface area contributed by atoms with Crippen molar-refractivity contribution in [3.05, 3.63) is 35.4 Å². The third-order valence-corrected chi connectivity index (χ3v) is 1.66. The Morgan fingerprint density at radius 2 is 2.27 bits per heavy atom. The van der Waals surface area contributed by atoms with Crippen LogP contribution in [0.2, 0.25) is 0 Å². The first kappa shape index (κ1) is 8.24. The molecule has 0 amide bonds. The van der Waals surface area contributed by atoms with Crippen LogP contribution < -0.4 is 5.73 Å². The van der Waals surface area contributed by atoms with Gasteiger partial charge in [0.1, 0.15) is 0 Å². The van der Waals surface area contributed by atoms with E-state index < -0.39 is 0 Å². The maximum atomic E-state index is 8.80. The van der Waals surface area contributed by atoms with Gasteiger partial charge in [0.15, 0.2) is 0 Å². The molecular weight excluding hydrogens is 138 g/mol. The highest BCUT2D eigenvalue weighted by Gasteiger charge is 1.98. The molecule has 0 unspecified atom stereocenters. The minimum absolute atomic E-state index is 0.0431. The molecule has 1 rings (SSSR count). The summed E-state index contributed by atoms with van der Waals surface area (Å²) in [5.74, 6) is 0. The van der Waals surface area contributed by atoms with Crippen molar-refractivity contribution in [2.45, 2.75) is 19.6 Å². The largest absolute Gasteiger partial charge is 0.392 e. The van der Waals surface area contributed by atoms with Gasteiger partial charge in [0.2, 0.25) is 0 Å². The van der Waals surface area contributed by atoms with Crippen LogP contribution in [0.15, 0.2) is 24.3 Å². The van der Waals surface area contributed by atoms with E-state index >= 15 is 0 Å². The van der Waals surface area contributed by atoms with Crippen LogP contribution in [0.1, 0.15) is 24.1 Å². The quantitative estimate of drug-likeness (QED) is 0.667. The lowest BCUT2D eigenvalue weighted by atomic mass is 10.1. The fourth-order valence-corrected chi connectivity index (χ4v) is 0.975. The van der Waals surface area contributed by atoms with Crippen LogP contribution in [-0.4, -0.2) is 5.11 Å². The van der Waals surface area contributed by atoms with Crippen molar-refractivity contribution in [3.8, 4) is 0 Å². The van der Waals surface area contributed by atoms with Crippen LogP contribution in [0.25, 0.3) is 0 Å². The zero-order chi connectivity index (χ0) is 8.27. The molecule has 0 aliphatic carbocycles. The molecule has 0 radical (unpaired) electrons. The molecular formula is C9H13NO. The molecule has 3 N–H and O–H groups in total. The molecule has 1 aromatic carbocycles. The number of aliphatic hydroxyl groups excluding tert-OH is 1. The minimum Gasteiger partial charge on any atom is -0.392 e. The number of benzene rings is 1. The van der Waals surface area contributed by atoms with Gasteiger partial charge in [-0.05, 0) is 18.1 Å². The molecule has 60 valence electrons. The van der Waals surface area contributed by atoms with Gasteiger partial charge in [-0.25, -0.2) is 0 Å². The van der Waals surface area contributed by atoms with Gasteiger partial charge in [-0.2, -0.15) is 0 Å². The van der Waals surface area contributed by atoms with E-state index in [1.807, 2.05) is 31.2 Å². The molecule has 0 aromatic heterocycles. The third kappa shape index (κ3) is 2.03. The highest BCUT2D eigenvalue weighted by atomic mass is 16.3. The van der Waals surface area contributed by atoms with Gasteiger partial charge in [0.25, 0.3) is 0 Å². The third-order valence-electron chi connectivity index (χ3n) is 1.66. The topological polar surface area (TPSA) is 46.2 Å². The molecule has 0 fully saturated rings. The van der Waals surface area contributed by atoms with Crippen LogP contribution in [-0.2, 0) is 6.61 Å². The summed E-state index contributed by atoms with van der Waals surface area (Å²) >= 11 is 0. The van der Waals surface area contributed by atoms with E-state index in [1.165, 1.54) is 0 Å². The molecule has 0 aliphatic rings. The second-order valence-corrected chi connectivity index (χ2v) is 2.69. The molecule has 0 saturated carbocycles. The van der Waals surface area contributed by atoms with Gasteiger partial charge in [-0.3, -0.25) is 0 Å². The van der Waals surface area contributed by atoms with Crippen LogP contribution >= 0.6 is 0 Å². The van der Waals surface area contributed by atoms with Crippen LogP contribution in [0.4, 0.5) is 0 Å². The first-order chi connectivity index (χ1) is 5.24. The Balaban J connectivity index is 2.91. The first-order valence-electron chi connectivity index (χ1n) is 3.69. The summed E-state index contributed by atoms with van der Waals surface area (Å²) in [6.07, 6.45) is 0. The van der Waals surface area contributed by atoms with Crippen molar-refractivity contribution in [1.82, 2.24) is 0 Å². The standard InChI is InChI=1S/C9H13NO/c1-7(10)9-4-2-3-8(5-9)6-11/h2-5,7,11H,6,10H2,1H3/t7-/m0/s1. The summed E-state index contributed by atoms with van der Waals surface area (Å²) < 4.78 is 0. The van der Waals surface area contributed by atoms with Gasteiger partial charge in [-0.15, -0.1) is 0 Å². The van der Waals surface area contributed by atoms with Gasteiger partial charge in [-0.1, -0.05) is 24.3 Å². The molecule has 0 spiro atoms. The maximum Gasteiger partial charge on any atom is 0.0681 e. The van der Waals surface area contributed by atoms with Crippen molar-refractivity contribution >= 4 is 0 Å². The molecule has 1 aromatic rings. The smallest absolute Gasteiger partial charge is 0.0681 e. The average Bonchev–Trinajstić information content (AvgIpc) is 2.05. The van der Waals surface area contributed by atoms with E-state index in [2.05, 4.69) is 0 Å². The van der Waals surface area contributed by atoms with Gasteiger partial charge in [0.05, 0.1) is 6.61 Å². The second kappa shape index (κ2) is 3.51. The summed E-state index contributed by atoms with van der Waals surface area (Å²) in [6.45, 7) is 2.01. The lowest BCUT2D eigenvalue weighted by molar-refractivity contribution is 0.281. The highest BCUT2D eigenvalue weighted by Crippen LogP contribution is 2.11. The Morgan fingerprint density at radius 1 is 1.55 bits per heavy atom. The van der Waals surface area contributed by atoms with E-state index in [4.69, 9.17) is 10.8 Å². The van der Waals surface area contributed by atoms with E-state index in [0.717, 1.165) is 11.1 Å². The van der Waals surface area contributed by atoms with Crippen LogP contribution in [0.3, 0.4) is 0 Å². The van der Waals surface area contributed by atoms with E-state index in [-0.39, 0.29) is 12.6 Å². The normalized spacial score (nSPS) is 13.0. The van der Waals surface area contributed by atoms with Crippen molar-refractivity contribution in [1.29, 1.82) is 0 Å². The number of hydrogen-bond acceptors (Lipinski definition) is 2. The van der Waals surface area contributed by atoms with Gasteiger partial charge in [0, 0.05) is 6.04 Å². The predicted molar refractivity (Wildman–Crippen MR) is 45.0 cm³/mol. The Kier molecular flexibility index (Phi) is 2.63. The fraction of sp³-hybridized carbons (Fsp3) is 0.333. The van der Waals surface area contributed by atoms with Crippen molar-refractivity contribution < 1.29 is 5.11 Å². The Bertz CT molecular complexity index is 233. The zero-order valence-corrected chi connectivity index (χ0v) is 6.62. The molecule has 11 heavy (non-hydrogen) atoms. The van der Waals surface area contributed by atoms with Gasteiger partial charge < -0.3 is 10.8 Å². The molecule has 0 aliphatic heterocycles. The highest BCUT2D eigenvalue weighted by molar-refractivity contribution is 5.24. The maximum absolute atomic E-state index is 8.80. The number of nitrogens with two attached hydrogens (primary N) is 1. The first-order valence-corrected chi connectivity index (χ1v) is 3.69.